The van der Waals surface area contributed by atoms with E-state index in [2.05, 4.69) is 4.74 Å². The summed E-state index contributed by atoms with van der Waals surface area (Å²) in [5, 5.41) is 0. The molecule has 1 rings (SSSR count). The molecule has 1 radical (unpaired) electrons. The van der Waals surface area contributed by atoms with Crippen LogP contribution in [0.1, 0.15) is 0 Å². The summed E-state index contributed by atoms with van der Waals surface area (Å²) in [6.45, 7) is 0. The molecule has 0 fully saturated rings. The molecule has 0 bridgehead atoms. The molecule has 0 aliphatic rings. The van der Waals surface area contributed by atoms with E-state index in [0.717, 1.165) is 12.1 Å². The maximum atomic E-state index is 11.8. The van der Waals surface area contributed by atoms with Gasteiger partial charge in [-0.05, 0) is 12.1 Å². The van der Waals surface area contributed by atoms with Gasteiger partial charge in [-0.15, -0.1) is 13.2 Å². The van der Waals surface area contributed by atoms with Gasteiger partial charge in [0.25, 0.3) is 0 Å². The molecule has 15 heavy (non-hydrogen) atoms. The van der Waals surface area contributed by atoms with Gasteiger partial charge in [-0.2, -0.15) is 0 Å². The normalized spacial score (nSPS) is 12.8. The fourth-order valence-corrected chi connectivity index (χ4v) is 1.28. The molecule has 0 heterocycles. The van der Waals surface area contributed by atoms with Crippen LogP contribution in [0.4, 0.5) is 13.2 Å². The second-order valence-electron chi connectivity index (χ2n) is 2.24. The van der Waals surface area contributed by atoms with E-state index in [-0.39, 0.29) is 29.6 Å². The van der Waals surface area contributed by atoms with Crippen LogP contribution in [-0.4, -0.2) is 44.7 Å². The van der Waals surface area contributed by atoms with Crippen LogP contribution in [0, 0.1) is 0 Å². The van der Waals surface area contributed by atoms with Crippen molar-refractivity contribution in [1.82, 2.24) is 0 Å². The summed E-state index contributed by atoms with van der Waals surface area (Å²) in [6.07, 6.45) is -4.87. The van der Waals surface area contributed by atoms with Gasteiger partial charge >= 0.3 is 6.36 Å². The Bertz CT molecular complexity index is 356. The number of hydrogen-bond donors (Lipinski definition) is 1. The molecule has 1 N–H and O–H groups in total. The Hall–Kier alpha value is -0.0800. The van der Waals surface area contributed by atoms with Crippen LogP contribution in [0.2, 0.25) is 0 Å². The predicted molar refractivity (Wildman–Crippen MR) is 47.9 cm³/mol. The quantitative estimate of drug-likeness (QED) is 0.642. The van der Waals surface area contributed by atoms with Crippen LogP contribution in [0.15, 0.2) is 29.2 Å². The Kier molecular flexibility index (Phi) is 5.82. The van der Waals surface area contributed by atoms with E-state index < -0.39 is 28.1 Å². The SMILES string of the molecule is O=S(O)c1ccccc1OC(F)(F)F.[Na]. The minimum atomic E-state index is -4.87. The number of halogens is 3. The number of para-hydroxylation sites is 1. The topological polar surface area (TPSA) is 46.5 Å². The first-order valence-corrected chi connectivity index (χ1v) is 4.46. The Morgan fingerprint density at radius 3 is 2.27 bits per heavy atom. The van der Waals surface area contributed by atoms with Gasteiger partial charge in [0.05, 0.1) is 0 Å². The Labute approximate surface area is 108 Å². The maximum Gasteiger partial charge on any atom is 0.573 e. The number of rotatable bonds is 2. The van der Waals surface area contributed by atoms with E-state index in [9.17, 15) is 17.4 Å². The molecule has 1 aromatic carbocycles. The Balaban J connectivity index is 0.00000196. The molecule has 0 spiro atoms. The first kappa shape index (κ1) is 14.9. The van der Waals surface area contributed by atoms with Crippen molar-refractivity contribution in [3.05, 3.63) is 24.3 Å². The zero-order valence-electron chi connectivity index (χ0n) is 7.62. The predicted octanol–water partition coefficient (Wildman–Crippen LogP) is 1.79. The molecule has 8 heteroatoms. The fourth-order valence-electron chi connectivity index (χ4n) is 0.803. The molecule has 79 valence electrons. The van der Waals surface area contributed by atoms with Crippen molar-refractivity contribution >= 4 is 40.6 Å². The summed E-state index contributed by atoms with van der Waals surface area (Å²) in [5.74, 6) is -0.666. The summed E-state index contributed by atoms with van der Waals surface area (Å²) >= 11 is -2.50. The van der Waals surface area contributed by atoms with Gasteiger partial charge in [0.15, 0.2) is 11.1 Å². The Morgan fingerprint density at radius 2 is 1.80 bits per heavy atom. The first-order chi connectivity index (χ1) is 6.40. The molecule has 1 atom stereocenters. The van der Waals surface area contributed by atoms with Crippen molar-refractivity contribution in [3.63, 3.8) is 0 Å². The van der Waals surface area contributed by atoms with E-state index in [1.165, 1.54) is 12.1 Å². The smallest absolute Gasteiger partial charge is 0.404 e. The molecule has 0 aliphatic heterocycles. The van der Waals surface area contributed by atoms with Crippen LogP contribution in [0.3, 0.4) is 0 Å². The molecule has 3 nitrogen and oxygen atoms in total. The third-order valence-corrected chi connectivity index (χ3v) is 1.98. The number of hydrogen-bond acceptors (Lipinski definition) is 2. The third-order valence-electron chi connectivity index (χ3n) is 1.26. The average molecular weight is 249 g/mol. The standard InChI is InChI=1S/C7H5F3O3S.Na/c8-7(9,10)13-5-3-1-2-4-6(5)14(11)12;/h1-4H,(H,11,12);. The second kappa shape index (κ2) is 5.86. The number of benzene rings is 1. The van der Waals surface area contributed by atoms with E-state index in [4.69, 9.17) is 4.55 Å². The molecule has 0 amide bonds. The van der Waals surface area contributed by atoms with Crippen molar-refractivity contribution < 1.29 is 26.7 Å². The van der Waals surface area contributed by atoms with Crippen LogP contribution in [0.25, 0.3) is 0 Å². The summed E-state index contributed by atoms with van der Waals surface area (Å²) in [5.41, 5.74) is 0. The fraction of sp³-hybridized carbons (Fsp3) is 0.143. The van der Waals surface area contributed by atoms with Crippen LogP contribution < -0.4 is 4.74 Å². The molecule has 0 saturated carbocycles. The van der Waals surface area contributed by atoms with Gasteiger partial charge in [0, 0.05) is 29.6 Å². The summed E-state index contributed by atoms with van der Waals surface area (Å²) < 4.78 is 58.1. The third kappa shape index (κ3) is 4.98. The van der Waals surface area contributed by atoms with Gasteiger partial charge in [-0.25, -0.2) is 4.21 Å². The Morgan fingerprint density at radius 1 is 1.27 bits per heavy atom. The molecule has 0 aliphatic carbocycles. The molecule has 0 aromatic heterocycles. The average Bonchev–Trinajstić information content (AvgIpc) is 2.01. The molecule has 1 unspecified atom stereocenters. The van der Waals surface area contributed by atoms with E-state index >= 15 is 0 Å². The van der Waals surface area contributed by atoms with Gasteiger partial charge in [-0.3, -0.25) is 0 Å². The first-order valence-electron chi connectivity index (χ1n) is 3.36. The van der Waals surface area contributed by atoms with Gasteiger partial charge < -0.3 is 9.29 Å². The summed E-state index contributed by atoms with van der Waals surface area (Å²) in [6, 6.07) is 4.66. The number of ether oxygens (including phenoxy) is 1. The largest absolute Gasteiger partial charge is 0.573 e. The van der Waals surface area contributed by atoms with Crippen molar-refractivity contribution in [1.29, 1.82) is 0 Å². The number of alkyl halides is 3. The van der Waals surface area contributed by atoms with E-state index in [0.29, 0.717) is 0 Å². The van der Waals surface area contributed by atoms with E-state index in [1.807, 2.05) is 0 Å². The molecule has 1 aromatic rings. The van der Waals surface area contributed by atoms with Crippen molar-refractivity contribution in [2.24, 2.45) is 0 Å². The second-order valence-corrected chi connectivity index (χ2v) is 3.18. The van der Waals surface area contributed by atoms with Gasteiger partial charge in [0.1, 0.15) is 10.6 Å². The molecular weight excluding hydrogens is 244 g/mol. The maximum absolute atomic E-state index is 11.8. The molecular formula is C7H5F3NaO3S. The molecule has 0 saturated heterocycles. The van der Waals surface area contributed by atoms with Gasteiger partial charge in [-0.1, -0.05) is 12.1 Å². The summed E-state index contributed by atoms with van der Waals surface area (Å²) in [4.78, 5) is -0.412. The van der Waals surface area contributed by atoms with Crippen LogP contribution in [-0.2, 0) is 11.1 Å². The van der Waals surface area contributed by atoms with Crippen LogP contribution in [0.5, 0.6) is 5.75 Å². The minimum absolute atomic E-state index is 0. The van der Waals surface area contributed by atoms with Crippen LogP contribution >= 0.6 is 0 Å². The zero-order valence-corrected chi connectivity index (χ0v) is 10.4. The van der Waals surface area contributed by atoms with Crippen molar-refractivity contribution in [2.45, 2.75) is 11.3 Å². The summed E-state index contributed by atoms with van der Waals surface area (Å²) in [7, 11) is 0. The minimum Gasteiger partial charge on any atom is -0.404 e. The monoisotopic (exact) mass is 249 g/mol. The van der Waals surface area contributed by atoms with Crippen molar-refractivity contribution in [2.75, 3.05) is 0 Å². The van der Waals surface area contributed by atoms with Gasteiger partial charge in [0.2, 0.25) is 0 Å². The zero-order chi connectivity index (χ0) is 10.8. The van der Waals surface area contributed by atoms with E-state index in [1.54, 1.807) is 0 Å². The van der Waals surface area contributed by atoms with Crippen molar-refractivity contribution in [3.8, 4) is 5.75 Å².